The lowest BCUT2D eigenvalue weighted by Gasteiger charge is -1.93. The zero-order chi connectivity index (χ0) is 9.68. The summed E-state index contributed by atoms with van der Waals surface area (Å²) in [6.45, 7) is 1.97. The van der Waals surface area contributed by atoms with Gasteiger partial charge in [-0.25, -0.2) is 0 Å². The maximum Gasteiger partial charge on any atom is 0.218 e. The molecular weight excluding hydrogens is 164 g/mol. The van der Waals surface area contributed by atoms with Crippen LogP contribution in [0.5, 0.6) is 0 Å². The van der Waals surface area contributed by atoms with E-state index in [2.05, 4.69) is 0 Å². The van der Waals surface area contributed by atoms with Crippen LogP contribution in [0.4, 0.5) is 0 Å². The minimum absolute atomic E-state index is 0.298. The van der Waals surface area contributed by atoms with Crippen molar-refractivity contribution in [3.05, 3.63) is 41.5 Å². The minimum atomic E-state index is -0.512. The van der Waals surface area contributed by atoms with E-state index in [0.29, 0.717) is 6.29 Å². The highest BCUT2D eigenvalue weighted by Gasteiger charge is 1.91. The summed E-state index contributed by atoms with van der Waals surface area (Å²) in [4.78, 5) is 20.6. The molecule has 0 aromatic heterocycles. The van der Waals surface area contributed by atoms with Crippen molar-refractivity contribution in [3.8, 4) is 0 Å². The van der Waals surface area contributed by atoms with Gasteiger partial charge in [0.15, 0.2) is 6.29 Å². The number of aldehydes is 1. The molecule has 0 bridgehead atoms. The Morgan fingerprint density at radius 1 is 1.38 bits per heavy atom. The average Bonchev–Trinajstić information content (AvgIpc) is 2.14. The van der Waals surface area contributed by atoms with Crippen LogP contribution in [0.1, 0.15) is 11.1 Å². The lowest BCUT2D eigenvalue weighted by atomic mass is 10.1. The molecule has 0 fully saturated rings. The van der Waals surface area contributed by atoms with Crippen LogP contribution in [0.2, 0.25) is 0 Å². The summed E-state index contributed by atoms with van der Waals surface area (Å²) in [5, 5.41) is 0. The number of benzene rings is 1. The first-order chi connectivity index (χ1) is 6.22. The Bertz CT molecular complexity index is 351. The second kappa shape index (κ2) is 4.36. The Balaban J connectivity index is 2.79. The summed E-state index contributed by atoms with van der Waals surface area (Å²) < 4.78 is 0. The van der Waals surface area contributed by atoms with Crippen molar-refractivity contribution in [1.82, 2.24) is 0 Å². The maximum atomic E-state index is 10.6. The van der Waals surface area contributed by atoms with Gasteiger partial charge in [0.1, 0.15) is 0 Å². The van der Waals surface area contributed by atoms with Crippen LogP contribution in [0.15, 0.2) is 30.3 Å². The van der Waals surface area contributed by atoms with Gasteiger partial charge in [0.05, 0.1) is 0 Å². The molecule has 0 atom stereocenters. The fraction of sp³-hybridized carbons (Fsp3) is 0.0909. The van der Waals surface area contributed by atoms with Gasteiger partial charge in [-0.05, 0) is 18.6 Å². The molecule has 0 saturated heterocycles. The Kier molecular flexibility index (Phi) is 3.15. The molecule has 0 amide bonds. The number of hydrogen-bond donors (Lipinski definition) is 0. The standard InChI is InChI=1S/C11H10O2/c1-9-3-2-4-10(7-9)5-6-11(13)8-12/h2-8H,1H3/b6-5+. The first kappa shape index (κ1) is 9.39. The second-order valence-corrected chi connectivity index (χ2v) is 2.77. The van der Waals surface area contributed by atoms with E-state index in [4.69, 9.17) is 0 Å². The van der Waals surface area contributed by atoms with Crippen molar-refractivity contribution in [1.29, 1.82) is 0 Å². The molecule has 0 N–H and O–H groups in total. The van der Waals surface area contributed by atoms with Gasteiger partial charge in [-0.15, -0.1) is 0 Å². The first-order valence-electron chi connectivity index (χ1n) is 3.96. The highest BCUT2D eigenvalue weighted by molar-refractivity contribution is 6.31. The molecule has 0 heterocycles. The van der Waals surface area contributed by atoms with Crippen molar-refractivity contribution in [2.45, 2.75) is 6.92 Å². The van der Waals surface area contributed by atoms with Gasteiger partial charge >= 0.3 is 0 Å². The van der Waals surface area contributed by atoms with Gasteiger partial charge < -0.3 is 0 Å². The molecule has 13 heavy (non-hydrogen) atoms. The summed E-state index contributed by atoms with van der Waals surface area (Å²) in [6, 6.07) is 7.69. The monoisotopic (exact) mass is 174 g/mol. The van der Waals surface area contributed by atoms with Gasteiger partial charge in [0, 0.05) is 0 Å². The number of carbonyl (C=O) groups excluding carboxylic acids is 2. The van der Waals surface area contributed by atoms with Crippen LogP contribution < -0.4 is 0 Å². The van der Waals surface area contributed by atoms with E-state index >= 15 is 0 Å². The molecular formula is C11H10O2. The molecule has 0 aliphatic rings. The third-order valence-corrected chi connectivity index (χ3v) is 1.60. The van der Waals surface area contributed by atoms with E-state index in [1.807, 2.05) is 31.2 Å². The molecule has 0 radical (unpaired) electrons. The van der Waals surface area contributed by atoms with Crippen molar-refractivity contribution in [2.24, 2.45) is 0 Å². The predicted octanol–water partition coefficient (Wildman–Crippen LogP) is 1.78. The minimum Gasteiger partial charge on any atom is -0.294 e. The molecule has 0 aliphatic carbocycles. The summed E-state index contributed by atoms with van der Waals surface area (Å²) in [5.74, 6) is -0.512. The third-order valence-electron chi connectivity index (χ3n) is 1.60. The van der Waals surface area contributed by atoms with Gasteiger partial charge in [-0.2, -0.15) is 0 Å². The zero-order valence-electron chi connectivity index (χ0n) is 7.36. The molecule has 1 aromatic carbocycles. The lowest BCUT2D eigenvalue weighted by Crippen LogP contribution is -1.91. The number of allylic oxidation sites excluding steroid dienone is 1. The van der Waals surface area contributed by atoms with E-state index < -0.39 is 5.78 Å². The van der Waals surface area contributed by atoms with Crippen LogP contribution in [-0.4, -0.2) is 12.1 Å². The van der Waals surface area contributed by atoms with E-state index in [9.17, 15) is 9.59 Å². The highest BCUT2D eigenvalue weighted by atomic mass is 16.2. The average molecular weight is 174 g/mol. The van der Waals surface area contributed by atoms with Gasteiger partial charge in [-0.1, -0.05) is 35.9 Å². The lowest BCUT2D eigenvalue weighted by molar-refractivity contribution is -0.126. The second-order valence-electron chi connectivity index (χ2n) is 2.77. The number of ketones is 1. The molecule has 0 spiro atoms. The van der Waals surface area contributed by atoms with Gasteiger partial charge in [-0.3, -0.25) is 9.59 Å². The molecule has 0 aliphatic heterocycles. The van der Waals surface area contributed by atoms with Crippen LogP contribution in [-0.2, 0) is 9.59 Å². The van der Waals surface area contributed by atoms with Crippen molar-refractivity contribution >= 4 is 18.1 Å². The quantitative estimate of drug-likeness (QED) is 0.397. The number of carbonyl (C=O) groups is 2. The molecule has 2 heteroatoms. The molecule has 66 valence electrons. The maximum absolute atomic E-state index is 10.6. The summed E-state index contributed by atoms with van der Waals surface area (Å²) in [6.07, 6.45) is 3.19. The van der Waals surface area contributed by atoms with Gasteiger partial charge in [0.2, 0.25) is 5.78 Å². The van der Waals surface area contributed by atoms with Crippen molar-refractivity contribution in [2.75, 3.05) is 0 Å². The Hall–Kier alpha value is -1.70. The summed E-state index contributed by atoms with van der Waals surface area (Å²) in [7, 11) is 0. The van der Waals surface area contributed by atoms with Crippen LogP contribution in [0.25, 0.3) is 6.08 Å². The van der Waals surface area contributed by atoms with E-state index in [0.717, 1.165) is 11.1 Å². The van der Waals surface area contributed by atoms with E-state index in [1.165, 1.54) is 6.08 Å². The van der Waals surface area contributed by atoms with Crippen LogP contribution >= 0.6 is 0 Å². The van der Waals surface area contributed by atoms with Crippen molar-refractivity contribution < 1.29 is 9.59 Å². The molecule has 0 unspecified atom stereocenters. The summed E-state index contributed by atoms with van der Waals surface area (Å²) in [5.41, 5.74) is 2.05. The zero-order valence-corrected chi connectivity index (χ0v) is 7.36. The topological polar surface area (TPSA) is 34.1 Å². The molecule has 1 rings (SSSR count). The van der Waals surface area contributed by atoms with Crippen LogP contribution in [0, 0.1) is 6.92 Å². The van der Waals surface area contributed by atoms with E-state index in [-0.39, 0.29) is 0 Å². The fourth-order valence-corrected chi connectivity index (χ4v) is 0.991. The smallest absolute Gasteiger partial charge is 0.218 e. The first-order valence-corrected chi connectivity index (χ1v) is 3.96. The number of hydrogen-bond acceptors (Lipinski definition) is 2. The Morgan fingerprint density at radius 3 is 2.77 bits per heavy atom. The molecule has 2 nitrogen and oxygen atoms in total. The number of rotatable bonds is 3. The SMILES string of the molecule is Cc1cccc(/C=C/C(=O)C=O)c1. The van der Waals surface area contributed by atoms with Crippen LogP contribution in [0.3, 0.4) is 0 Å². The van der Waals surface area contributed by atoms with Crippen molar-refractivity contribution in [3.63, 3.8) is 0 Å². The summed E-state index contributed by atoms with van der Waals surface area (Å²) >= 11 is 0. The highest BCUT2D eigenvalue weighted by Crippen LogP contribution is 2.05. The Labute approximate surface area is 76.9 Å². The predicted molar refractivity (Wildman–Crippen MR) is 51.3 cm³/mol. The normalized spacial score (nSPS) is 10.2. The number of aryl methyl sites for hydroxylation is 1. The Morgan fingerprint density at radius 2 is 2.15 bits per heavy atom. The largest absolute Gasteiger partial charge is 0.294 e. The van der Waals surface area contributed by atoms with Gasteiger partial charge in [0.25, 0.3) is 0 Å². The van der Waals surface area contributed by atoms with E-state index in [1.54, 1.807) is 6.08 Å². The fourth-order valence-electron chi connectivity index (χ4n) is 0.991. The third kappa shape index (κ3) is 3.03. The molecule has 0 saturated carbocycles. The molecule has 1 aromatic rings.